The van der Waals surface area contributed by atoms with Crippen molar-refractivity contribution in [3.05, 3.63) is 48.0 Å². The van der Waals surface area contributed by atoms with E-state index in [1.165, 1.54) is 30.5 Å². The van der Waals surface area contributed by atoms with Crippen LogP contribution in [0.1, 0.15) is 41.9 Å². The van der Waals surface area contributed by atoms with Gasteiger partial charge in [0.05, 0.1) is 15.7 Å². The first-order chi connectivity index (χ1) is 13.2. The van der Waals surface area contributed by atoms with Gasteiger partial charge in [0.2, 0.25) is 0 Å². The fourth-order valence-electron chi connectivity index (χ4n) is 3.20. The molecule has 0 bridgehead atoms. The van der Waals surface area contributed by atoms with Crippen LogP contribution in [-0.4, -0.2) is 35.4 Å². The minimum Gasteiger partial charge on any atom is -0.454 e. The zero-order valence-corrected chi connectivity index (χ0v) is 15.7. The predicted octanol–water partition coefficient (Wildman–Crippen LogP) is 3.52. The summed E-state index contributed by atoms with van der Waals surface area (Å²) in [5.74, 6) is -0.808. The molecule has 0 unspecified atom stereocenters. The summed E-state index contributed by atoms with van der Waals surface area (Å²) in [5, 5.41) is -0.391. The first-order valence-electron chi connectivity index (χ1n) is 8.75. The van der Waals surface area contributed by atoms with Gasteiger partial charge in [-0.05, 0) is 37.1 Å². The Morgan fingerprint density at radius 3 is 2.43 bits per heavy atom. The number of carbonyl (C=O) groups is 1. The van der Waals surface area contributed by atoms with E-state index in [0.717, 1.165) is 23.6 Å². The Morgan fingerprint density at radius 1 is 1.18 bits per heavy atom. The predicted molar refractivity (Wildman–Crippen MR) is 93.3 cm³/mol. The number of benzene rings is 1. The minimum atomic E-state index is -4.42. The van der Waals surface area contributed by atoms with Gasteiger partial charge in [-0.15, -0.1) is 0 Å². The molecule has 1 aliphatic carbocycles. The maximum atomic E-state index is 12.5. The van der Waals surface area contributed by atoms with Gasteiger partial charge in [-0.2, -0.15) is 13.2 Å². The van der Waals surface area contributed by atoms with Crippen LogP contribution < -0.4 is 0 Å². The molecule has 0 spiro atoms. The summed E-state index contributed by atoms with van der Waals surface area (Å²) in [6.07, 6.45) is 0.973. The van der Waals surface area contributed by atoms with Crippen molar-refractivity contribution < 1.29 is 31.1 Å². The van der Waals surface area contributed by atoms with E-state index in [0.29, 0.717) is 12.8 Å². The SMILES string of the molecule is O=C(OCc1nccn1CC(F)(F)F)c1ccc(S(=O)(=O)C2CCCC2)cc1. The van der Waals surface area contributed by atoms with E-state index >= 15 is 0 Å². The molecule has 0 N–H and O–H groups in total. The second-order valence-corrected chi connectivity index (χ2v) is 8.87. The third-order valence-electron chi connectivity index (χ3n) is 4.64. The highest BCUT2D eigenvalue weighted by atomic mass is 32.2. The fourth-order valence-corrected chi connectivity index (χ4v) is 5.06. The van der Waals surface area contributed by atoms with Crippen LogP contribution in [-0.2, 0) is 27.7 Å². The van der Waals surface area contributed by atoms with Crippen molar-refractivity contribution in [1.82, 2.24) is 9.55 Å². The van der Waals surface area contributed by atoms with Gasteiger partial charge in [-0.1, -0.05) is 12.8 Å². The second kappa shape index (κ2) is 7.94. The van der Waals surface area contributed by atoms with Crippen molar-refractivity contribution in [2.45, 2.75) is 55.2 Å². The van der Waals surface area contributed by atoms with Crippen LogP contribution in [0.4, 0.5) is 13.2 Å². The number of aromatic nitrogens is 2. The topological polar surface area (TPSA) is 78.3 Å². The molecule has 1 aliphatic rings. The summed E-state index contributed by atoms with van der Waals surface area (Å²) in [7, 11) is -3.42. The van der Waals surface area contributed by atoms with Gasteiger partial charge >= 0.3 is 12.1 Å². The van der Waals surface area contributed by atoms with Crippen molar-refractivity contribution in [3.63, 3.8) is 0 Å². The Morgan fingerprint density at radius 2 is 1.82 bits per heavy atom. The summed E-state index contributed by atoms with van der Waals surface area (Å²) >= 11 is 0. The highest BCUT2D eigenvalue weighted by molar-refractivity contribution is 7.92. The van der Waals surface area contributed by atoms with E-state index in [-0.39, 0.29) is 16.3 Å². The van der Waals surface area contributed by atoms with Crippen molar-refractivity contribution in [2.24, 2.45) is 0 Å². The highest BCUT2D eigenvalue weighted by Gasteiger charge is 2.30. The monoisotopic (exact) mass is 416 g/mol. The molecule has 2 aromatic rings. The lowest BCUT2D eigenvalue weighted by Crippen LogP contribution is -2.20. The Hall–Kier alpha value is -2.36. The van der Waals surface area contributed by atoms with Crippen LogP contribution >= 0.6 is 0 Å². The molecule has 0 saturated heterocycles. The number of carbonyl (C=O) groups excluding carboxylic acids is 1. The molecule has 0 aliphatic heterocycles. The molecule has 152 valence electrons. The molecule has 10 heteroatoms. The number of hydrogen-bond donors (Lipinski definition) is 0. The third-order valence-corrected chi connectivity index (χ3v) is 6.92. The average molecular weight is 416 g/mol. The van der Waals surface area contributed by atoms with Crippen molar-refractivity contribution >= 4 is 15.8 Å². The summed E-state index contributed by atoms with van der Waals surface area (Å²) in [5.41, 5.74) is 0.110. The molecule has 1 heterocycles. The lowest BCUT2D eigenvalue weighted by molar-refractivity contribution is -0.141. The van der Waals surface area contributed by atoms with E-state index in [1.807, 2.05) is 0 Å². The highest BCUT2D eigenvalue weighted by Crippen LogP contribution is 2.29. The second-order valence-electron chi connectivity index (χ2n) is 6.64. The molecule has 1 aromatic carbocycles. The number of imidazole rings is 1. The van der Waals surface area contributed by atoms with Gasteiger partial charge in [0, 0.05) is 12.4 Å². The first-order valence-corrected chi connectivity index (χ1v) is 10.3. The summed E-state index contributed by atoms with van der Waals surface area (Å²) < 4.78 is 68.4. The third kappa shape index (κ3) is 4.73. The molecule has 0 radical (unpaired) electrons. The Kier molecular flexibility index (Phi) is 5.78. The number of alkyl halides is 3. The van der Waals surface area contributed by atoms with E-state index in [9.17, 15) is 26.4 Å². The van der Waals surface area contributed by atoms with E-state index < -0.39 is 40.4 Å². The van der Waals surface area contributed by atoms with E-state index in [4.69, 9.17) is 4.74 Å². The van der Waals surface area contributed by atoms with Gasteiger partial charge < -0.3 is 9.30 Å². The molecule has 3 rings (SSSR count). The number of sulfone groups is 1. The first kappa shape index (κ1) is 20.4. The van der Waals surface area contributed by atoms with Crippen LogP contribution in [0.3, 0.4) is 0 Å². The maximum absolute atomic E-state index is 12.5. The fraction of sp³-hybridized carbons (Fsp3) is 0.444. The zero-order valence-electron chi connectivity index (χ0n) is 14.9. The zero-order chi connectivity index (χ0) is 20.4. The van der Waals surface area contributed by atoms with Crippen LogP contribution in [0.25, 0.3) is 0 Å². The van der Waals surface area contributed by atoms with Crippen LogP contribution in [0.15, 0.2) is 41.6 Å². The molecular formula is C18H19F3N2O4S. The number of ether oxygens (including phenoxy) is 1. The number of nitrogens with zero attached hydrogens (tertiary/aromatic N) is 2. The van der Waals surface area contributed by atoms with Crippen LogP contribution in [0, 0.1) is 0 Å². The average Bonchev–Trinajstić information content (AvgIpc) is 3.31. The van der Waals surface area contributed by atoms with E-state index in [1.54, 1.807) is 0 Å². The standard InChI is InChI=1S/C18H19F3N2O4S/c19-18(20,21)12-23-10-9-22-16(23)11-27-17(24)13-5-7-15(8-6-13)28(25,26)14-3-1-2-4-14/h5-10,14H,1-4,11-12H2. The molecule has 0 atom stereocenters. The lowest BCUT2D eigenvalue weighted by atomic mass is 10.2. The van der Waals surface area contributed by atoms with Gasteiger partial charge in [0.25, 0.3) is 0 Å². The Balaban J connectivity index is 1.64. The molecule has 0 amide bonds. The lowest BCUT2D eigenvalue weighted by Gasteiger charge is -2.12. The van der Waals surface area contributed by atoms with Gasteiger partial charge in [-0.3, -0.25) is 0 Å². The summed E-state index contributed by atoms with van der Waals surface area (Å²) in [6.45, 7) is -1.66. The van der Waals surface area contributed by atoms with Crippen LogP contribution in [0.5, 0.6) is 0 Å². The summed E-state index contributed by atoms with van der Waals surface area (Å²) in [6, 6.07) is 5.39. The Labute approximate surface area is 160 Å². The molecular weight excluding hydrogens is 397 g/mol. The molecule has 28 heavy (non-hydrogen) atoms. The number of rotatable bonds is 6. The molecule has 1 saturated carbocycles. The van der Waals surface area contributed by atoms with E-state index in [2.05, 4.69) is 4.98 Å². The molecule has 1 aromatic heterocycles. The number of esters is 1. The largest absolute Gasteiger partial charge is 0.454 e. The number of halogens is 3. The quantitative estimate of drug-likeness (QED) is 0.674. The normalized spacial score (nSPS) is 15.7. The van der Waals surface area contributed by atoms with Gasteiger partial charge in [-0.25, -0.2) is 18.2 Å². The number of hydrogen-bond acceptors (Lipinski definition) is 5. The maximum Gasteiger partial charge on any atom is 0.406 e. The van der Waals surface area contributed by atoms with Crippen molar-refractivity contribution in [3.8, 4) is 0 Å². The Bertz CT molecular complexity index is 930. The van der Waals surface area contributed by atoms with Gasteiger partial charge in [0.15, 0.2) is 9.84 Å². The van der Waals surface area contributed by atoms with Crippen molar-refractivity contribution in [2.75, 3.05) is 0 Å². The smallest absolute Gasteiger partial charge is 0.406 e. The minimum absolute atomic E-state index is 0.0360. The summed E-state index contributed by atoms with van der Waals surface area (Å²) in [4.78, 5) is 16.0. The molecule has 6 nitrogen and oxygen atoms in total. The van der Waals surface area contributed by atoms with Crippen LogP contribution in [0.2, 0.25) is 0 Å². The van der Waals surface area contributed by atoms with Gasteiger partial charge in [0.1, 0.15) is 19.0 Å². The molecule has 1 fully saturated rings. The van der Waals surface area contributed by atoms with Crippen molar-refractivity contribution in [1.29, 1.82) is 0 Å².